The second-order valence-electron chi connectivity index (χ2n) is 3.69. The predicted octanol–water partition coefficient (Wildman–Crippen LogP) is 0.0847. The molecule has 1 amide bonds. The van der Waals surface area contributed by atoms with Gasteiger partial charge in [-0.05, 0) is 20.4 Å². The molecule has 0 spiro atoms. The molecule has 0 saturated carbocycles. The topological polar surface area (TPSA) is 71.8 Å². The lowest BCUT2D eigenvalue weighted by Gasteiger charge is -2.10. The van der Waals surface area contributed by atoms with Crippen LogP contribution in [0.1, 0.15) is 32.0 Å². The molecule has 1 aromatic heterocycles. The van der Waals surface area contributed by atoms with Crippen LogP contribution in [0.5, 0.6) is 0 Å². The molecule has 0 aliphatic heterocycles. The highest BCUT2D eigenvalue weighted by molar-refractivity contribution is 5.79. The average molecular weight is 225 g/mol. The third kappa shape index (κ3) is 3.30. The summed E-state index contributed by atoms with van der Waals surface area (Å²) in [6.07, 6.45) is 2.72. The number of amides is 1. The van der Waals surface area contributed by atoms with E-state index < -0.39 is 0 Å². The van der Waals surface area contributed by atoms with Crippen LogP contribution in [0.15, 0.2) is 6.20 Å². The molecule has 6 heteroatoms. The van der Waals surface area contributed by atoms with E-state index in [0.717, 1.165) is 12.1 Å². The molecule has 1 heterocycles. The molecule has 0 aromatic carbocycles. The summed E-state index contributed by atoms with van der Waals surface area (Å²) in [5.74, 6) is -0.0252. The molecule has 1 unspecified atom stereocenters. The summed E-state index contributed by atoms with van der Waals surface area (Å²) < 4.78 is 1.58. The number of hydrogen-bond acceptors (Lipinski definition) is 4. The first-order valence-electron chi connectivity index (χ1n) is 5.52. The summed E-state index contributed by atoms with van der Waals surface area (Å²) in [5, 5.41) is 13.7. The van der Waals surface area contributed by atoms with E-state index in [1.54, 1.807) is 10.9 Å². The van der Waals surface area contributed by atoms with E-state index in [-0.39, 0.29) is 11.9 Å². The minimum atomic E-state index is -0.315. The van der Waals surface area contributed by atoms with E-state index in [9.17, 15) is 4.79 Å². The highest BCUT2D eigenvalue weighted by atomic mass is 16.2. The minimum absolute atomic E-state index is 0.0252. The van der Waals surface area contributed by atoms with Crippen molar-refractivity contribution in [2.24, 2.45) is 0 Å². The zero-order valence-corrected chi connectivity index (χ0v) is 10.0. The zero-order chi connectivity index (χ0) is 12.0. The van der Waals surface area contributed by atoms with Crippen LogP contribution in [-0.2, 0) is 11.3 Å². The molecule has 1 aromatic rings. The van der Waals surface area contributed by atoms with Crippen LogP contribution in [0, 0.1) is 0 Å². The molecule has 0 fully saturated rings. The van der Waals surface area contributed by atoms with Crippen molar-refractivity contribution in [1.82, 2.24) is 25.6 Å². The Morgan fingerprint density at radius 3 is 3.00 bits per heavy atom. The van der Waals surface area contributed by atoms with Gasteiger partial charge in [-0.1, -0.05) is 12.1 Å². The quantitative estimate of drug-likeness (QED) is 0.719. The average Bonchev–Trinajstić information content (AvgIpc) is 2.74. The molecule has 1 rings (SSSR count). The van der Waals surface area contributed by atoms with E-state index in [1.165, 1.54) is 0 Å². The molecule has 6 nitrogen and oxygen atoms in total. The normalized spacial score (nSPS) is 12.4. The molecule has 2 N–H and O–H groups in total. The Bertz CT molecular complexity index is 336. The Balaban J connectivity index is 2.57. The number of nitrogens with zero attached hydrogens (tertiary/aromatic N) is 3. The lowest BCUT2D eigenvalue weighted by Crippen LogP contribution is -2.31. The second kappa shape index (κ2) is 6.22. The van der Waals surface area contributed by atoms with E-state index >= 15 is 0 Å². The fraction of sp³-hybridized carbons (Fsp3) is 0.700. The molecule has 0 aliphatic carbocycles. The molecule has 90 valence electrons. The van der Waals surface area contributed by atoms with E-state index in [1.807, 2.05) is 20.9 Å². The van der Waals surface area contributed by atoms with Gasteiger partial charge in [0.1, 0.15) is 6.04 Å². The summed E-state index contributed by atoms with van der Waals surface area (Å²) in [4.78, 5) is 11.7. The standard InChI is InChI=1S/C10H19N5O/c1-4-5-12-10(16)8(2)15-7-9(6-11-3)13-14-15/h7-8,11H,4-6H2,1-3H3,(H,12,16). The molecule has 0 aliphatic rings. The minimum Gasteiger partial charge on any atom is -0.354 e. The maximum Gasteiger partial charge on any atom is 0.244 e. The van der Waals surface area contributed by atoms with Crippen LogP contribution in [0.2, 0.25) is 0 Å². The summed E-state index contributed by atoms with van der Waals surface area (Å²) in [6, 6.07) is -0.315. The molecular weight excluding hydrogens is 206 g/mol. The smallest absolute Gasteiger partial charge is 0.244 e. The molecule has 0 bridgehead atoms. The highest BCUT2D eigenvalue weighted by Gasteiger charge is 2.15. The number of hydrogen-bond donors (Lipinski definition) is 2. The number of aromatic nitrogens is 3. The van der Waals surface area contributed by atoms with Crippen LogP contribution in [-0.4, -0.2) is 34.5 Å². The largest absolute Gasteiger partial charge is 0.354 e. The van der Waals surface area contributed by atoms with Crippen molar-refractivity contribution < 1.29 is 4.79 Å². The first-order valence-corrected chi connectivity index (χ1v) is 5.52. The zero-order valence-electron chi connectivity index (χ0n) is 10.0. The van der Waals surface area contributed by atoms with E-state index in [4.69, 9.17) is 0 Å². The Morgan fingerprint density at radius 1 is 1.62 bits per heavy atom. The predicted molar refractivity (Wildman–Crippen MR) is 60.8 cm³/mol. The number of nitrogens with one attached hydrogen (secondary N) is 2. The Hall–Kier alpha value is -1.43. The lowest BCUT2D eigenvalue weighted by molar-refractivity contribution is -0.124. The van der Waals surface area contributed by atoms with Crippen molar-refractivity contribution in [3.8, 4) is 0 Å². The number of carbonyl (C=O) groups excluding carboxylic acids is 1. The summed E-state index contributed by atoms with van der Waals surface area (Å²) in [7, 11) is 1.84. The van der Waals surface area contributed by atoms with Gasteiger partial charge in [0.2, 0.25) is 5.91 Å². The fourth-order valence-corrected chi connectivity index (χ4v) is 1.28. The molecule has 16 heavy (non-hydrogen) atoms. The van der Waals surface area contributed by atoms with E-state index in [0.29, 0.717) is 13.1 Å². The van der Waals surface area contributed by atoms with Crippen LogP contribution in [0.4, 0.5) is 0 Å². The summed E-state index contributed by atoms with van der Waals surface area (Å²) >= 11 is 0. The molecule has 0 saturated heterocycles. The first-order chi connectivity index (χ1) is 7.69. The molecular formula is C10H19N5O. The van der Waals surface area contributed by atoms with E-state index in [2.05, 4.69) is 20.9 Å². The maximum absolute atomic E-state index is 11.7. The van der Waals surface area contributed by atoms with Crippen LogP contribution >= 0.6 is 0 Å². The van der Waals surface area contributed by atoms with Gasteiger partial charge < -0.3 is 10.6 Å². The second-order valence-corrected chi connectivity index (χ2v) is 3.69. The van der Waals surface area contributed by atoms with Gasteiger partial charge in [-0.3, -0.25) is 4.79 Å². The number of rotatable bonds is 6. The first kappa shape index (κ1) is 12.6. The van der Waals surface area contributed by atoms with Crippen molar-refractivity contribution in [1.29, 1.82) is 0 Å². The van der Waals surface area contributed by atoms with Gasteiger partial charge in [0.25, 0.3) is 0 Å². The monoisotopic (exact) mass is 225 g/mol. The SMILES string of the molecule is CCCNC(=O)C(C)n1cc(CNC)nn1. The van der Waals surface area contributed by atoms with Gasteiger partial charge in [-0.15, -0.1) is 5.10 Å². The van der Waals surface area contributed by atoms with Crippen LogP contribution in [0.25, 0.3) is 0 Å². The number of carbonyl (C=O) groups is 1. The molecule has 1 atom stereocenters. The fourth-order valence-electron chi connectivity index (χ4n) is 1.28. The van der Waals surface area contributed by atoms with Gasteiger partial charge in [-0.2, -0.15) is 0 Å². The van der Waals surface area contributed by atoms with Gasteiger partial charge >= 0.3 is 0 Å². The van der Waals surface area contributed by atoms with Crippen LogP contribution < -0.4 is 10.6 Å². The van der Waals surface area contributed by atoms with Gasteiger partial charge in [-0.25, -0.2) is 4.68 Å². The summed E-state index contributed by atoms with van der Waals surface area (Å²) in [6.45, 7) is 5.18. The van der Waals surface area contributed by atoms with Crippen molar-refractivity contribution in [2.45, 2.75) is 32.9 Å². The van der Waals surface area contributed by atoms with Crippen molar-refractivity contribution in [3.05, 3.63) is 11.9 Å². The molecule has 0 radical (unpaired) electrons. The Morgan fingerprint density at radius 2 is 2.38 bits per heavy atom. The van der Waals surface area contributed by atoms with Gasteiger partial charge in [0, 0.05) is 13.1 Å². The highest BCUT2D eigenvalue weighted by Crippen LogP contribution is 2.04. The van der Waals surface area contributed by atoms with Gasteiger partial charge in [0.15, 0.2) is 0 Å². The van der Waals surface area contributed by atoms with Gasteiger partial charge in [0.05, 0.1) is 11.9 Å². The summed E-state index contributed by atoms with van der Waals surface area (Å²) in [5.41, 5.74) is 0.831. The van der Waals surface area contributed by atoms with Crippen molar-refractivity contribution in [2.75, 3.05) is 13.6 Å². The maximum atomic E-state index is 11.7. The van der Waals surface area contributed by atoms with Crippen molar-refractivity contribution in [3.63, 3.8) is 0 Å². The Labute approximate surface area is 95.4 Å². The Kier molecular flexibility index (Phi) is 4.91. The third-order valence-corrected chi connectivity index (χ3v) is 2.24. The van der Waals surface area contributed by atoms with Crippen LogP contribution in [0.3, 0.4) is 0 Å². The third-order valence-electron chi connectivity index (χ3n) is 2.24. The lowest BCUT2D eigenvalue weighted by atomic mass is 10.3. The van der Waals surface area contributed by atoms with Crippen molar-refractivity contribution >= 4 is 5.91 Å².